The molecule has 0 aromatic heterocycles. The Morgan fingerprint density at radius 2 is 1.88 bits per heavy atom. The van der Waals surface area contributed by atoms with Crippen molar-refractivity contribution in [2.24, 2.45) is 0 Å². The van der Waals surface area contributed by atoms with Crippen LogP contribution >= 0.6 is 0 Å². The molecule has 0 spiro atoms. The first-order valence-corrected chi connectivity index (χ1v) is 8.79. The molecule has 0 saturated carbocycles. The zero-order valence-electron chi connectivity index (χ0n) is 15.2. The third-order valence-corrected chi connectivity index (χ3v) is 3.97. The lowest BCUT2D eigenvalue weighted by atomic mass is 10.1. The Morgan fingerprint density at radius 3 is 2.56 bits per heavy atom. The van der Waals surface area contributed by atoms with Crippen LogP contribution in [0.5, 0.6) is 11.5 Å². The minimum absolute atomic E-state index is 0.0923. The van der Waals surface area contributed by atoms with E-state index in [-0.39, 0.29) is 11.9 Å². The smallest absolute Gasteiger partial charge is 0.251 e. The molecule has 2 rings (SSSR count). The van der Waals surface area contributed by atoms with E-state index >= 15 is 0 Å². The third-order valence-electron chi connectivity index (χ3n) is 3.97. The van der Waals surface area contributed by atoms with Crippen LogP contribution in [0.3, 0.4) is 0 Å². The number of carbonyl (C=O) groups is 1. The van der Waals surface area contributed by atoms with Gasteiger partial charge in [-0.1, -0.05) is 37.3 Å². The highest BCUT2D eigenvalue weighted by atomic mass is 16.5. The average molecular weight is 341 g/mol. The predicted octanol–water partition coefficient (Wildman–Crippen LogP) is 4.24. The highest BCUT2D eigenvalue weighted by molar-refractivity contribution is 5.95. The van der Waals surface area contributed by atoms with Gasteiger partial charge in [0.05, 0.1) is 13.7 Å². The van der Waals surface area contributed by atoms with Crippen molar-refractivity contribution in [2.75, 3.05) is 13.7 Å². The summed E-state index contributed by atoms with van der Waals surface area (Å²) in [6, 6.07) is 15.7. The molecule has 0 aliphatic rings. The minimum atomic E-state index is -0.0964. The molecule has 0 heterocycles. The van der Waals surface area contributed by atoms with Crippen molar-refractivity contribution in [3.05, 3.63) is 59.7 Å². The quantitative estimate of drug-likeness (QED) is 0.742. The number of hydrogen-bond donors (Lipinski definition) is 1. The topological polar surface area (TPSA) is 47.6 Å². The molecule has 4 nitrogen and oxygen atoms in total. The molecule has 2 aromatic carbocycles. The van der Waals surface area contributed by atoms with Gasteiger partial charge in [0.25, 0.3) is 5.91 Å². The molecule has 1 atom stereocenters. The van der Waals surface area contributed by atoms with Crippen LogP contribution in [0.4, 0.5) is 0 Å². The van der Waals surface area contributed by atoms with E-state index in [0.29, 0.717) is 23.7 Å². The van der Waals surface area contributed by atoms with E-state index < -0.39 is 0 Å². The molecular weight excluding hydrogens is 314 g/mol. The zero-order chi connectivity index (χ0) is 18.1. The van der Waals surface area contributed by atoms with Gasteiger partial charge in [-0.3, -0.25) is 4.79 Å². The van der Waals surface area contributed by atoms with Crippen molar-refractivity contribution in [1.29, 1.82) is 0 Å². The molecule has 1 amide bonds. The van der Waals surface area contributed by atoms with Gasteiger partial charge in [0, 0.05) is 11.6 Å². The number of ether oxygens (including phenoxy) is 2. The Hall–Kier alpha value is -2.49. The highest BCUT2D eigenvalue weighted by Crippen LogP contribution is 2.28. The number of aryl methyl sites for hydroxylation is 1. The van der Waals surface area contributed by atoms with Crippen LogP contribution in [-0.4, -0.2) is 25.7 Å². The van der Waals surface area contributed by atoms with Crippen LogP contribution in [-0.2, 0) is 6.42 Å². The second-order valence-electron chi connectivity index (χ2n) is 6.11. The van der Waals surface area contributed by atoms with Gasteiger partial charge >= 0.3 is 0 Å². The first-order valence-electron chi connectivity index (χ1n) is 8.79. The van der Waals surface area contributed by atoms with E-state index in [1.54, 1.807) is 25.3 Å². The number of benzene rings is 2. The largest absolute Gasteiger partial charge is 0.493 e. The fraction of sp³-hybridized carbons (Fsp3) is 0.381. The molecule has 1 N–H and O–H groups in total. The van der Waals surface area contributed by atoms with Crippen molar-refractivity contribution in [2.45, 2.75) is 39.2 Å². The van der Waals surface area contributed by atoms with Crippen LogP contribution in [0.25, 0.3) is 0 Å². The van der Waals surface area contributed by atoms with Gasteiger partial charge < -0.3 is 14.8 Å². The summed E-state index contributed by atoms with van der Waals surface area (Å²) in [6.07, 6.45) is 2.75. The number of amides is 1. The minimum Gasteiger partial charge on any atom is -0.493 e. The van der Waals surface area contributed by atoms with E-state index in [9.17, 15) is 4.79 Å². The second kappa shape index (κ2) is 9.72. The van der Waals surface area contributed by atoms with E-state index in [1.807, 2.05) is 32.0 Å². The molecular formula is C21H27NO3. The molecule has 25 heavy (non-hydrogen) atoms. The van der Waals surface area contributed by atoms with Gasteiger partial charge in [-0.25, -0.2) is 0 Å². The van der Waals surface area contributed by atoms with E-state index in [1.165, 1.54) is 5.56 Å². The summed E-state index contributed by atoms with van der Waals surface area (Å²) < 4.78 is 11.0. The molecule has 4 heteroatoms. The molecule has 0 saturated heterocycles. The summed E-state index contributed by atoms with van der Waals surface area (Å²) >= 11 is 0. The van der Waals surface area contributed by atoms with Crippen molar-refractivity contribution < 1.29 is 14.3 Å². The summed E-state index contributed by atoms with van der Waals surface area (Å²) in [7, 11) is 1.58. The standard InChI is InChI=1S/C21H27NO3/c1-4-14-25-19-13-12-18(15-20(19)24-3)21(23)22-16(2)10-11-17-8-6-5-7-9-17/h5-9,12-13,15-16H,4,10-11,14H2,1-3H3,(H,22,23)/t16-/m1/s1. The van der Waals surface area contributed by atoms with Crippen LogP contribution in [0, 0.1) is 0 Å². The Bertz CT molecular complexity index is 670. The average Bonchev–Trinajstić information content (AvgIpc) is 2.65. The summed E-state index contributed by atoms with van der Waals surface area (Å²) in [5.41, 5.74) is 1.86. The maximum atomic E-state index is 12.5. The molecule has 0 bridgehead atoms. The first kappa shape index (κ1) is 18.8. The number of rotatable bonds is 9. The van der Waals surface area contributed by atoms with E-state index in [4.69, 9.17) is 9.47 Å². The fourth-order valence-corrected chi connectivity index (χ4v) is 2.55. The number of carbonyl (C=O) groups excluding carboxylic acids is 1. The predicted molar refractivity (Wildman–Crippen MR) is 100 cm³/mol. The Balaban J connectivity index is 1.93. The maximum absolute atomic E-state index is 12.5. The van der Waals surface area contributed by atoms with Gasteiger partial charge in [0.1, 0.15) is 0 Å². The van der Waals surface area contributed by atoms with Crippen molar-refractivity contribution in [1.82, 2.24) is 5.32 Å². The Labute approximate surface area is 150 Å². The normalized spacial score (nSPS) is 11.6. The van der Waals surface area contributed by atoms with Gasteiger partial charge in [-0.2, -0.15) is 0 Å². The second-order valence-corrected chi connectivity index (χ2v) is 6.11. The Kier molecular flexibility index (Phi) is 7.33. The number of methoxy groups -OCH3 is 1. The molecule has 0 fully saturated rings. The first-order chi connectivity index (χ1) is 12.1. The van der Waals surface area contributed by atoms with Gasteiger partial charge in [-0.15, -0.1) is 0 Å². The monoisotopic (exact) mass is 341 g/mol. The van der Waals surface area contributed by atoms with Crippen LogP contribution in [0.2, 0.25) is 0 Å². The molecule has 0 unspecified atom stereocenters. The molecule has 0 radical (unpaired) electrons. The Morgan fingerprint density at radius 1 is 1.12 bits per heavy atom. The van der Waals surface area contributed by atoms with Crippen LogP contribution < -0.4 is 14.8 Å². The summed E-state index contributed by atoms with van der Waals surface area (Å²) in [6.45, 7) is 4.69. The lowest BCUT2D eigenvalue weighted by Gasteiger charge is -2.15. The number of hydrogen-bond acceptors (Lipinski definition) is 3. The summed E-state index contributed by atoms with van der Waals surface area (Å²) in [5.74, 6) is 1.15. The third kappa shape index (κ3) is 5.82. The van der Waals surface area contributed by atoms with Gasteiger partial charge in [-0.05, 0) is 49.9 Å². The summed E-state index contributed by atoms with van der Waals surface area (Å²) in [5, 5.41) is 3.05. The molecule has 134 valence electrons. The van der Waals surface area contributed by atoms with Crippen molar-refractivity contribution in [3.8, 4) is 11.5 Å². The van der Waals surface area contributed by atoms with Crippen molar-refractivity contribution in [3.63, 3.8) is 0 Å². The molecule has 0 aliphatic heterocycles. The molecule has 0 aliphatic carbocycles. The van der Waals surface area contributed by atoms with E-state index in [2.05, 4.69) is 17.4 Å². The van der Waals surface area contributed by atoms with Crippen LogP contribution in [0.1, 0.15) is 42.6 Å². The van der Waals surface area contributed by atoms with Gasteiger partial charge in [0.15, 0.2) is 11.5 Å². The SMILES string of the molecule is CCCOc1ccc(C(=O)N[C@H](C)CCc2ccccc2)cc1OC. The lowest BCUT2D eigenvalue weighted by molar-refractivity contribution is 0.0938. The summed E-state index contributed by atoms with van der Waals surface area (Å²) in [4.78, 5) is 12.5. The van der Waals surface area contributed by atoms with E-state index in [0.717, 1.165) is 19.3 Å². The fourth-order valence-electron chi connectivity index (χ4n) is 2.55. The maximum Gasteiger partial charge on any atom is 0.251 e. The van der Waals surface area contributed by atoms with Crippen LogP contribution in [0.15, 0.2) is 48.5 Å². The van der Waals surface area contributed by atoms with Crippen molar-refractivity contribution >= 4 is 5.91 Å². The highest BCUT2D eigenvalue weighted by Gasteiger charge is 2.13. The van der Waals surface area contributed by atoms with Gasteiger partial charge in [0.2, 0.25) is 0 Å². The lowest BCUT2D eigenvalue weighted by Crippen LogP contribution is -2.32. The zero-order valence-corrected chi connectivity index (χ0v) is 15.2. The number of nitrogens with one attached hydrogen (secondary N) is 1. The molecule has 2 aromatic rings.